The fourth-order valence-electron chi connectivity index (χ4n) is 12.1. The van der Waals surface area contributed by atoms with Crippen LogP contribution in [-0.2, 0) is 15.4 Å². The van der Waals surface area contributed by atoms with Gasteiger partial charge >= 0.3 is 337 Å². The molecule has 4 aliphatic carbocycles. The quantitative estimate of drug-likeness (QED) is 0.122. The van der Waals surface area contributed by atoms with E-state index in [4.69, 9.17) is 0 Å². The molecule has 4 aliphatic rings. The zero-order valence-corrected chi connectivity index (χ0v) is 40.8. The minimum absolute atomic E-state index is 0. The molecule has 0 radical (unpaired) electrons. The fraction of sp³-hybridized carbons (Fsp3) is 0.111. The molecule has 0 amide bonds. The van der Waals surface area contributed by atoms with Crippen molar-refractivity contribution in [3.63, 3.8) is 0 Å². The topological polar surface area (TPSA) is 0 Å². The van der Waals surface area contributed by atoms with Crippen LogP contribution in [0.4, 0.5) is 0 Å². The molecule has 0 saturated carbocycles. The molecule has 0 nitrogen and oxygen atoms in total. The van der Waals surface area contributed by atoms with Crippen molar-refractivity contribution in [2.75, 3.05) is 0 Å². The standard InChI is InChI=1S/2C26H17.2CH3.2ClH.GeH2.Hf/c2*1-2-8-18-16-19(15-17(18)7-1)20-13-14-25-23-11-4-3-9-21(23)22-10-5-6-12-24(22)26(20)25;;;;;;/h2*1-16,20H;2*1H3;2*1H;1H2;. The molecule has 0 fully saturated rings. The Balaban J connectivity index is 0.00000204. The van der Waals surface area contributed by atoms with Gasteiger partial charge in [0.15, 0.2) is 0 Å². The first-order valence-corrected chi connectivity index (χ1v) is 46.3. The summed E-state index contributed by atoms with van der Waals surface area (Å²) in [6.45, 7) is 0. The van der Waals surface area contributed by atoms with Crippen molar-refractivity contribution in [2.45, 2.75) is 28.5 Å². The van der Waals surface area contributed by atoms with Gasteiger partial charge in [-0.15, -0.1) is 24.8 Å². The van der Waals surface area contributed by atoms with Crippen LogP contribution in [0.15, 0.2) is 169 Å². The molecule has 0 saturated heterocycles. The Hall–Kier alpha value is -4.25. The van der Waals surface area contributed by atoms with E-state index >= 15 is 0 Å². The summed E-state index contributed by atoms with van der Waals surface area (Å²) in [5.74, 6) is 0.482. The molecule has 0 spiro atoms. The fourth-order valence-corrected chi connectivity index (χ4v) is 47.9. The molecular weight excluding hydrogens is 971 g/mol. The van der Waals surface area contributed by atoms with E-state index in [2.05, 4.69) is 191 Å². The van der Waals surface area contributed by atoms with Gasteiger partial charge in [0.05, 0.1) is 0 Å². The number of rotatable bonds is 4. The second-order valence-electron chi connectivity index (χ2n) is 17.9. The summed E-state index contributed by atoms with van der Waals surface area (Å²) >= 11 is -2.79. The predicted molar refractivity (Wildman–Crippen MR) is 256 cm³/mol. The molecule has 0 aliphatic heterocycles. The van der Waals surface area contributed by atoms with Gasteiger partial charge in [0, 0.05) is 0 Å². The van der Waals surface area contributed by atoms with Crippen molar-refractivity contribution in [3.05, 3.63) is 213 Å². The Kier molecular flexibility index (Phi) is 8.94. The van der Waals surface area contributed by atoms with Gasteiger partial charge in [0.2, 0.25) is 0 Å². The normalized spacial score (nSPS) is 20.1. The van der Waals surface area contributed by atoms with E-state index in [1.807, 2.05) is 0 Å². The van der Waals surface area contributed by atoms with E-state index in [-0.39, 0.29) is 36.6 Å². The second kappa shape index (κ2) is 13.6. The van der Waals surface area contributed by atoms with E-state index in [0.717, 1.165) is 0 Å². The number of benzene rings is 8. The average molecular weight is 1010 g/mol. The number of halogens is 2. The third kappa shape index (κ3) is 5.22. The van der Waals surface area contributed by atoms with Crippen molar-refractivity contribution >= 4 is 104 Å². The van der Waals surface area contributed by atoms with Gasteiger partial charge in [-0.2, -0.15) is 0 Å². The summed E-state index contributed by atoms with van der Waals surface area (Å²) < 4.78 is 6.61. The molecule has 0 N–H and O–H groups in total. The molecule has 4 heteroatoms. The Morgan fingerprint density at radius 1 is 0.397 bits per heavy atom. The van der Waals surface area contributed by atoms with E-state index < -0.39 is 15.4 Å². The van der Waals surface area contributed by atoms with Gasteiger partial charge in [-0.1, -0.05) is 0 Å². The molecule has 4 unspecified atom stereocenters. The SMILES string of the molecule is Cl.Cl.[CH3][Hf]([CH3])(=[GeH2])([CH]1C(C2C=Cc3c2c2ccccc2c2ccccc32)=Cc2ccccc21)[CH]1C(C2C=Cc3c2c2ccccc2c2ccccc32)=Cc2ccccc21. The number of allylic oxidation sites excluding steroid dienone is 4. The van der Waals surface area contributed by atoms with Crippen molar-refractivity contribution in [1.29, 1.82) is 0 Å². The minimum atomic E-state index is -4.15. The number of hydrogen-bond acceptors (Lipinski definition) is 0. The van der Waals surface area contributed by atoms with Crippen LogP contribution in [0.1, 0.15) is 63.7 Å². The molecule has 58 heavy (non-hydrogen) atoms. The van der Waals surface area contributed by atoms with Crippen LogP contribution in [0, 0.1) is 0 Å². The summed E-state index contributed by atoms with van der Waals surface area (Å²) in [6.07, 6.45) is 15.3. The Labute approximate surface area is 358 Å². The third-order valence-electron chi connectivity index (χ3n) is 14.1. The zero-order valence-electron chi connectivity index (χ0n) is 32.7. The van der Waals surface area contributed by atoms with E-state index in [9.17, 15) is 0 Å². The predicted octanol–water partition coefficient (Wildman–Crippen LogP) is 14.7. The summed E-state index contributed by atoms with van der Waals surface area (Å²) in [5.41, 5.74) is 15.1. The molecule has 0 aromatic heterocycles. The van der Waals surface area contributed by atoms with Crippen molar-refractivity contribution in [3.8, 4) is 0 Å². The van der Waals surface area contributed by atoms with Crippen LogP contribution in [0.2, 0.25) is 9.36 Å². The summed E-state index contributed by atoms with van der Waals surface area (Å²) in [7, 11) is 0. The van der Waals surface area contributed by atoms with E-state index in [1.54, 1.807) is 22.3 Å². The van der Waals surface area contributed by atoms with Gasteiger partial charge in [-0.25, -0.2) is 0 Å². The number of hydrogen-bond donors (Lipinski definition) is 0. The zero-order chi connectivity index (χ0) is 37.4. The van der Waals surface area contributed by atoms with Crippen LogP contribution < -0.4 is 0 Å². The molecule has 0 heterocycles. The second-order valence-corrected chi connectivity index (χ2v) is 81.4. The molecule has 8 aromatic carbocycles. The van der Waals surface area contributed by atoms with Gasteiger partial charge < -0.3 is 0 Å². The first kappa shape index (κ1) is 38.0. The van der Waals surface area contributed by atoms with Crippen molar-refractivity contribution < 1.29 is 15.4 Å². The van der Waals surface area contributed by atoms with Crippen LogP contribution in [-0.4, -0.2) is 12.2 Å². The van der Waals surface area contributed by atoms with Gasteiger partial charge in [0.25, 0.3) is 0 Å². The maximum absolute atomic E-state index is 4.15. The molecule has 4 atom stereocenters. The summed E-state index contributed by atoms with van der Waals surface area (Å²) in [6, 6.07) is 55.4. The molecule has 12 rings (SSSR count). The van der Waals surface area contributed by atoms with Gasteiger partial charge in [-0.05, 0) is 0 Å². The average Bonchev–Trinajstić information content (AvgIpc) is 4.04. The molecule has 8 aromatic rings. The van der Waals surface area contributed by atoms with Gasteiger partial charge in [-0.3, -0.25) is 0 Å². The van der Waals surface area contributed by atoms with Gasteiger partial charge in [0.1, 0.15) is 0 Å². The Morgan fingerprint density at radius 2 is 0.707 bits per heavy atom. The number of fused-ring (bicyclic) bond motifs is 14. The summed E-state index contributed by atoms with van der Waals surface area (Å²) in [5, 5.41) is 11.0. The monoisotopic (exact) mass is 1020 g/mol. The van der Waals surface area contributed by atoms with Crippen molar-refractivity contribution in [2.24, 2.45) is 0 Å². The Bertz CT molecular complexity index is 3050. The van der Waals surface area contributed by atoms with Crippen LogP contribution in [0.3, 0.4) is 0 Å². The Morgan fingerprint density at radius 3 is 1.10 bits per heavy atom. The van der Waals surface area contributed by atoms with Crippen LogP contribution in [0.25, 0.3) is 67.4 Å². The first-order chi connectivity index (χ1) is 27.4. The molecular formula is C54H44Cl2GeHf. The maximum atomic E-state index is 2.87. The van der Waals surface area contributed by atoms with E-state index in [1.165, 1.54) is 88.7 Å². The van der Waals surface area contributed by atoms with E-state index in [0.29, 0.717) is 7.35 Å². The van der Waals surface area contributed by atoms with Crippen LogP contribution >= 0.6 is 24.8 Å². The first-order valence-electron chi connectivity index (χ1n) is 20.3. The third-order valence-corrected chi connectivity index (χ3v) is 46.4. The van der Waals surface area contributed by atoms with Crippen LogP contribution in [0.5, 0.6) is 0 Å². The van der Waals surface area contributed by atoms with Crippen molar-refractivity contribution in [1.82, 2.24) is 0 Å². The molecule has 282 valence electrons. The molecule has 0 bridgehead atoms. The summed E-state index contributed by atoms with van der Waals surface area (Å²) in [4.78, 5) is 0.